The molecular formula is C26H27BrClN5O4S. The summed E-state index contributed by atoms with van der Waals surface area (Å²) in [5.74, 6) is 1.95. The number of hydrogen-bond acceptors (Lipinski definition) is 7. The summed E-state index contributed by atoms with van der Waals surface area (Å²) in [6.07, 6.45) is 3.17. The number of piperidine rings is 1. The fourth-order valence-corrected chi connectivity index (χ4v) is 6.66. The van der Waals surface area contributed by atoms with Crippen molar-refractivity contribution in [2.24, 2.45) is 5.92 Å². The van der Waals surface area contributed by atoms with E-state index in [1.165, 1.54) is 24.6 Å². The molecule has 5 rings (SSSR count). The molecule has 2 aromatic heterocycles. The van der Waals surface area contributed by atoms with Crippen molar-refractivity contribution < 1.29 is 17.9 Å². The van der Waals surface area contributed by atoms with Crippen LogP contribution in [0.3, 0.4) is 0 Å². The molecule has 3 heterocycles. The van der Waals surface area contributed by atoms with E-state index in [1.54, 1.807) is 22.8 Å². The normalized spacial score (nSPS) is 15.1. The number of hydrogen-bond donors (Lipinski definition) is 1. The van der Waals surface area contributed by atoms with Gasteiger partial charge in [-0.05, 0) is 52.9 Å². The SMILES string of the molecule is COc1ccc(S(=O)(=O)N2CCC(CNc3cc(-c4ccccc4Cl)nc4c(Br)cnn34)CC2)cc1OC. The standard InChI is InChI=1S/C26H27BrClN5O4S/c1-36-23-8-7-18(13-24(23)37-2)38(34,35)32-11-9-17(10-12-32)15-29-25-14-22(19-5-3-4-6-21(19)28)31-26-20(27)16-30-33(25)26/h3-8,13-14,16-17,29H,9-12,15H2,1-2H3. The van der Waals surface area contributed by atoms with E-state index in [9.17, 15) is 8.42 Å². The van der Waals surface area contributed by atoms with E-state index in [1.807, 2.05) is 30.3 Å². The summed E-state index contributed by atoms with van der Waals surface area (Å²) in [6, 6.07) is 14.2. The molecule has 1 saturated heterocycles. The fraction of sp³-hybridized carbons (Fsp3) is 0.308. The average Bonchev–Trinajstić information content (AvgIpc) is 3.32. The quantitative estimate of drug-likeness (QED) is 0.284. The maximum Gasteiger partial charge on any atom is 0.243 e. The highest BCUT2D eigenvalue weighted by molar-refractivity contribution is 9.10. The molecule has 12 heteroatoms. The number of sulfonamides is 1. The number of benzene rings is 2. The second-order valence-electron chi connectivity index (χ2n) is 8.98. The second-order valence-corrected chi connectivity index (χ2v) is 12.2. The number of anilines is 1. The molecule has 200 valence electrons. The maximum absolute atomic E-state index is 13.3. The number of nitrogens with one attached hydrogen (secondary N) is 1. The third kappa shape index (κ3) is 5.20. The van der Waals surface area contributed by atoms with E-state index in [-0.39, 0.29) is 10.8 Å². The van der Waals surface area contributed by atoms with Crippen LogP contribution < -0.4 is 14.8 Å². The average molecular weight is 621 g/mol. The van der Waals surface area contributed by atoms with Crippen LogP contribution in [0.25, 0.3) is 16.9 Å². The Bertz CT molecular complexity index is 1570. The largest absolute Gasteiger partial charge is 0.493 e. The number of ether oxygens (including phenoxy) is 2. The van der Waals surface area contributed by atoms with E-state index >= 15 is 0 Å². The Morgan fingerprint density at radius 2 is 1.82 bits per heavy atom. The van der Waals surface area contributed by atoms with Gasteiger partial charge in [-0.3, -0.25) is 0 Å². The lowest BCUT2D eigenvalue weighted by Crippen LogP contribution is -2.39. The Morgan fingerprint density at radius 3 is 2.53 bits per heavy atom. The first-order valence-corrected chi connectivity index (χ1v) is 14.7. The maximum atomic E-state index is 13.3. The highest BCUT2D eigenvalue weighted by Crippen LogP contribution is 2.33. The predicted molar refractivity (Wildman–Crippen MR) is 151 cm³/mol. The van der Waals surface area contributed by atoms with E-state index in [0.29, 0.717) is 41.8 Å². The van der Waals surface area contributed by atoms with Crippen molar-refractivity contribution in [1.29, 1.82) is 0 Å². The van der Waals surface area contributed by atoms with Crippen molar-refractivity contribution in [3.8, 4) is 22.8 Å². The van der Waals surface area contributed by atoms with Gasteiger partial charge in [0.1, 0.15) is 5.82 Å². The Kier molecular flexibility index (Phi) is 7.80. The van der Waals surface area contributed by atoms with E-state index in [4.69, 9.17) is 26.1 Å². The van der Waals surface area contributed by atoms with Crippen molar-refractivity contribution in [2.45, 2.75) is 17.7 Å². The van der Waals surface area contributed by atoms with Gasteiger partial charge in [0.2, 0.25) is 10.0 Å². The van der Waals surface area contributed by atoms with Gasteiger partial charge in [0.25, 0.3) is 0 Å². The minimum atomic E-state index is -3.64. The van der Waals surface area contributed by atoms with Crippen LogP contribution in [0.5, 0.6) is 11.5 Å². The molecular weight excluding hydrogens is 594 g/mol. The minimum Gasteiger partial charge on any atom is -0.493 e. The molecule has 38 heavy (non-hydrogen) atoms. The zero-order chi connectivity index (χ0) is 26.9. The summed E-state index contributed by atoms with van der Waals surface area (Å²) < 4.78 is 41.1. The van der Waals surface area contributed by atoms with E-state index in [2.05, 4.69) is 26.3 Å². The number of rotatable bonds is 8. The minimum absolute atomic E-state index is 0.197. The Balaban J connectivity index is 1.29. The number of fused-ring (bicyclic) bond motifs is 1. The van der Waals surface area contributed by atoms with Crippen LogP contribution in [0.2, 0.25) is 5.02 Å². The van der Waals surface area contributed by atoms with E-state index in [0.717, 1.165) is 34.4 Å². The Labute approximate surface area is 234 Å². The monoisotopic (exact) mass is 619 g/mol. The first kappa shape index (κ1) is 26.7. The summed E-state index contributed by atoms with van der Waals surface area (Å²) in [7, 11) is -0.632. The molecule has 0 amide bonds. The third-order valence-electron chi connectivity index (χ3n) is 6.72. The third-order valence-corrected chi connectivity index (χ3v) is 9.50. The van der Waals surface area contributed by atoms with Gasteiger partial charge in [0.15, 0.2) is 17.1 Å². The zero-order valence-electron chi connectivity index (χ0n) is 20.9. The molecule has 1 N–H and O–H groups in total. The molecule has 2 aromatic carbocycles. The van der Waals surface area contributed by atoms with E-state index < -0.39 is 10.0 Å². The van der Waals surface area contributed by atoms with Crippen LogP contribution >= 0.6 is 27.5 Å². The highest BCUT2D eigenvalue weighted by atomic mass is 79.9. The summed E-state index contributed by atoms with van der Waals surface area (Å²) in [5, 5.41) is 8.58. The summed E-state index contributed by atoms with van der Waals surface area (Å²) in [6.45, 7) is 1.54. The summed E-state index contributed by atoms with van der Waals surface area (Å²) in [4.78, 5) is 4.95. The molecule has 0 unspecified atom stereocenters. The molecule has 0 radical (unpaired) electrons. The second kappa shape index (κ2) is 11.1. The summed E-state index contributed by atoms with van der Waals surface area (Å²) >= 11 is 9.97. The zero-order valence-corrected chi connectivity index (χ0v) is 24.1. The Morgan fingerprint density at radius 1 is 1.08 bits per heavy atom. The topological polar surface area (TPSA) is 98.1 Å². The summed E-state index contributed by atoms with van der Waals surface area (Å²) in [5.41, 5.74) is 2.25. The van der Waals surface area contributed by atoms with Gasteiger partial charge < -0.3 is 14.8 Å². The predicted octanol–water partition coefficient (Wildman–Crippen LogP) is 5.34. The van der Waals surface area contributed by atoms with Crippen LogP contribution in [0.15, 0.2) is 64.1 Å². The molecule has 0 spiro atoms. The van der Waals surface area contributed by atoms with Crippen molar-refractivity contribution in [1.82, 2.24) is 18.9 Å². The van der Waals surface area contributed by atoms with Crippen molar-refractivity contribution in [2.75, 3.05) is 39.2 Å². The molecule has 1 aliphatic heterocycles. The van der Waals surface area contributed by atoms with Crippen molar-refractivity contribution >= 4 is 49.0 Å². The fourth-order valence-electron chi connectivity index (χ4n) is 4.60. The van der Waals surface area contributed by atoms with Gasteiger partial charge in [0.05, 0.1) is 35.5 Å². The van der Waals surface area contributed by atoms with Gasteiger partial charge in [0, 0.05) is 42.4 Å². The number of aromatic nitrogens is 3. The molecule has 1 aliphatic rings. The molecule has 1 fully saturated rings. The van der Waals surface area contributed by atoms with Crippen molar-refractivity contribution in [3.05, 3.63) is 64.2 Å². The Hall–Kier alpha value is -2.86. The van der Waals surface area contributed by atoms with Gasteiger partial charge in [-0.1, -0.05) is 29.8 Å². The molecule has 0 aliphatic carbocycles. The van der Waals surface area contributed by atoms with Gasteiger partial charge >= 0.3 is 0 Å². The molecule has 0 atom stereocenters. The molecule has 0 saturated carbocycles. The lowest BCUT2D eigenvalue weighted by atomic mass is 9.98. The van der Waals surface area contributed by atoms with Crippen molar-refractivity contribution in [3.63, 3.8) is 0 Å². The van der Waals surface area contributed by atoms with Crippen LogP contribution in [0.1, 0.15) is 12.8 Å². The van der Waals surface area contributed by atoms with Crippen LogP contribution in [0.4, 0.5) is 5.82 Å². The van der Waals surface area contributed by atoms with Crippen LogP contribution in [-0.4, -0.2) is 61.2 Å². The lowest BCUT2D eigenvalue weighted by Gasteiger charge is -2.31. The number of halogens is 2. The van der Waals surface area contributed by atoms with Crippen LogP contribution in [-0.2, 0) is 10.0 Å². The first-order chi connectivity index (χ1) is 18.3. The van der Waals surface area contributed by atoms with Gasteiger partial charge in [-0.2, -0.15) is 13.9 Å². The number of methoxy groups -OCH3 is 2. The highest BCUT2D eigenvalue weighted by Gasteiger charge is 2.30. The van der Waals surface area contributed by atoms with Gasteiger partial charge in [-0.25, -0.2) is 13.4 Å². The molecule has 0 bridgehead atoms. The van der Waals surface area contributed by atoms with Gasteiger partial charge in [-0.15, -0.1) is 0 Å². The van der Waals surface area contributed by atoms with Crippen LogP contribution in [0, 0.1) is 5.92 Å². The smallest absolute Gasteiger partial charge is 0.243 e. The molecule has 4 aromatic rings. The lowest BCUT2D eigenvalue weighted by molar-refractivity contribution is 0.282. The molecule has 9 nitrogen and oxygen atoms in total. The number of nitrogens with zero attached hydrogens (tertiary/aromatic N) is 4. The first-order valence-electron chi connectivity index (χ1n) is 12.1.